The van der Waals surface area contributed by atoms with E-state index in [0.29, 0.717) is 6.42 Å². The molecule has 3 atom stereocenters. The van der Waals surface area contributed by atoms with Crippen molar-refractivity contribution in [3.05, 3.63) is 0 Å². The zero-order chi connectivity index (χ0) is 13.9. The van der Waals surface area contributed by atoms with Crippen molar-refractivity contribution in [3.63, 3.8) is 0 Å². The summed E-state index contributed by atoms with van der Waals surface area (Å²) in [7, 11) is 0. The molecule has 0 radical (unpaired) electrons. The van der Waals surface area contributed by atoms with E-state index in [2.05, 4.69) is 4.90 Å². The number of carbonyl (C=O) groups excluding carboxylic acids is 1. The van der Waals surface area contributed by atoms with Gasteiger partial charge in [0.1, 0.15) is 0 Å². The van der Waals surface area contributed by atoms with Crippen LogP contribution < -0.4 is 11.5 Å². The van der Waals surface area contributed by atoms with E-state index in [1.54, 1.807) is 6.92 Å². The standard InChI is InChI=1S/C15H29N3O/c1-15(17,14(16)19)9-4-5-10-18-11-8-12-6-2-3-7-13(12)18/h12-13H,2-11,17H2,1H3,(H2,16,19). The molecule has 1 saturated heterocycles. The number of likely N-dealkylation sites (tertiary alicyclic amines) is 1. The average Bonchev–Trinajstić information content (AvgIpc) is 2.78. The summed E-state index contributed by atoms with van der Waals surface area (Å²) in [4.78, 5) is 13.8. The first kappa shape index (κ1) is 14.8. The second-order valence-electron chi connectivity index (χ2n) is 6.68. The Bertz CT molecular complexity index is 317. The van der Waals surface area contributed by atoms with Gasteiger partial charge < -0.3 is 16.4 Å². The first-order valence-corrected chi connectivity index (χ1v) is 7.83. The fraction of sp³-hybridized carbons (Fsp3) is 0.933. The lowest BCUT2D eigenvalue weighted by Crippen LogP contribution is -2.49. The molecule has 4 heteroatoms. The Kier molecular flexibility index (Phi) is 4.85. The van der Waals surface area contributed by atoms with Gasteiger partial charge in [0.15, 0.2) is 0 Å². The highest BCUT2D eigenvalue weighted by atomic mass is 16.1. The summed E-state index contributed by atoms with van der Waals surface area (Å²) >= 11 is 0. The molecule has 0 aromatic heterocycles. The third-order valence-corrected chi connectivity index (χ3v) is 5.08. The Balaban J connectivity index is 1.67. The maximum Gasteiger partial charge on any atom is 0.237 e. The van der Waals surface area contributed by atoms with Crippen molar-refractivity contribution >= 4 is 5.91 Å². The number of amides is 1. The Morgan fingerprint density at radius 2 is 2.00 bits per heavy atom. The first-order valence-electron chi connectivity index (χ1n) is 7.83. The molecule has 2 fully saturated rings. The Hall–Kier alpha value is -0.610. The zero-order valence-corrected chi connectivity index (χ0v) is 12.2. The zero-order valence-electron chi connectivity index (χ0n) is 12.2. The van der Waals surface area contributed by atoms with Crippen molar-refractivity contribution in [2.24, 2.45) is 17.4 Å². The molecule has 1 amide bonds. The van der Waals surface area contributed by atoms with Crippen LogP contribution in [0.4, 0.5) is 0 Å². The summed E-state index contributed by atoms with van der Waals surface area (Å²) in [5.41, 5.74) is 10.3. The molecule has 0 aromatic rings. The first-order chi connectivity index (χ1) is 9.00. The molecular weight excluding hydrogens is 238 g/mol. The maximum absolute atomic E-state index is 11.1. The third kappa shape index (κ3) is 3.69. The van der Waals surface area contributed by atoms with Crippen LogP contribution in [0.25, 0.3) is 0 Å². The topological polar surface area (TPSA) is 72.3 Å². The Morgan fingerprint density at radius 3 is 2.74 bits per heavy atom. The van der Waals surface area contributed by atoms with Crippen molar-refractivity contribution in [2.75, 3.05) is 13.1 Å². The minimum Gasteiger partial charge on any atom is -0.368 e. The summed E-state index contributed by atoms with van der Waals surface area (Å²) in [5, 5.41) is 0. The normalized spacial score (nSPS) is 30.8. The molecule has 1 aliphatic heterocycles. The summed E-state index contributed by atoms with van der Waals surface area (Å²) in [6.07, 6.45) is 9.86. The van der Waals surface area contributed by atoms with Crippen LogP contribution in [-0.4, -0.2) is 35.5 Å². The van der Waals surface area contributed by atoms with Crippen molar-refractivity contribution in [1.29, 1.82) is 0 Å². The molecule has 1 saturated carbocycles. The van der Waals surface area contributed by atoms with Crippen LogP contribution in [0.3, 0.4) is 0 Å². The van der Waals surface area contributed by atoms with Crippen molar-refractivity contribution < 1.29 is 4.79 Å². The molecule has 2 rings (SSSR count). The Labute approximate surface area is 116 Å². The second kappa shape index (κ2) is 6.23. The third-order valence-electron chi connectivity index (χ3n) is 5.08. The molecule has 1 aliphatic carbocycles. The van der Waals surface area contributed by atoms with Crippen LogP contribution in [0.15, 0.2) is 0 Å². The lowest BCUT2D eigenvalue weighted by molar-refractivity contribution is -0.122. The number of hydrogen-bond donors (Lipinski definition) is 2. The summed E-state index contributed by atoms with van der Waals surface area (Å²) in [5.74, 6) is 0.570. The number of carbonyl (C=O) groups is 1. The highest BCUT2D eigenvalue weighted by molar-refractivity contribution is 5.83. The molecule has 3 unspecified atom stereocenters. The van der Waals surface area contributed by atoms with Gasteiger partial charge in [-0.1, -0.05) is 12.8 Å². The predicted octanol–water partition coefficient (Wildman–Crippen LogP) is 1.62. The molecule has 19 heavy (non-hydrogen) atoms. The molecule has 0 aromatic carbocycles. The minimum absolute atomic E-state index is 0.388. The quantitative estimate of drug-likeness (QED) is 0.718. The molecule has 4 N–H and O–H groups in total. The van der Waals surface area contributed by atoms with Crippen LogP contribution in [0.1, 0.15) is 58.3 Å². The van der Waals surface area contributed by atoms with Crippen LogP contribution >= 0.6 is 0 Å². The summed E-state index contributed by atoms with van der Waals surface area (Å²) in [6, 6.07) is 0.842. The molecule has 0 spiro atoms. The van der Waals surface area contributed by atoms with Crippen LogP contribution in [-0.2, 0) is 4.79 Å². The van der Waals surface area contributed by atoms with E-state index < -0.39 is 5.54 Å². The Morgan fingerprint density at radius 1 is 1.26 bits per heavy atom. The molecule has 2 aliphatic rings. The van der Waals surface area contributed by atoms with E-state index in [9.17, 15) is 4.79 Å². The minimum atomic E-state index is -0.835. The monoisotopic (exact) mass is 267 g/mol. The largest absolute Gasteiger partial charge is 0.368 e. The van der Waals surface area contributed by atoms with Gasteiger partial charge >= 0.3 is 0 Å². The lowest BCUT2D eigenvalue weighted by Gasteiger charge is -2.32. The highest BCUT2D eigenvalue weighted by Crippen LogP contribution is 2.36. The van der Waals surface area contributed by atoms with E-state index in [0.717, 1.165) is 31.3 Å². The number of fused-ring (bicyclic) bond motifs is 1. The fourth-order valence-electron chi connectivity index (χ4n) is 3.71. The highest BCUT2D eigenvalue weighted by Gasteiger charge is 2.35. The van der Waals surface area contributed by atoms with E-state index >= 15 is 0 Å². The average molecular weight is 267 g/mol. The summed E-state index contributed by atoms with van der Waals surface area (Å²) in [6.45, 7) is 4.17. The molecule has 0 bridgehead atoms. The van der Waals surface area contributed by atoms with E-state index in [1.807, 2.05) is 0 Å². The van der Waals surface area contributed by atoms with Crippen LogP contribution in [0.2, 0.25) is 0 Å². The van der Waals surface area contributed by atoms with Gasteiger partial charge in [-0.2, -0.15) is 0 Å². The maximum atomic E-state index is 11.1. The van der Waals surface area contributed by atoms with Crippen LogP contribution in [0.5, 0.6) is 0 Å². The molecule has 4 nitrogen and oxygen atoms in total. The van der Waals surface area contributed by atoms with Gasteiger partial charge in [-0.05, 0) is 64.5 Å². The predicted molar refractivity (Wildman–Crippen MR) is 77.6 cm³/mol. The number of hydrogen-bond acceptors (Lipinski definition) is 3. The van der Waals surface area contributed by atoms with Gasteiger partial charge in [-0.3, -0.25) is 4.79 Å². The van der Waals surface area contributed by atoms with Gasteiger partial charge in [0.25, 0.3) is 0 Å². The van der Waals surface area contributed by atoms with Crippen molar-refractivity contribution in [2.45, 2.75) is 69.9 Å². The van der Waals surface area contributed by atoms with Crippen molar-refractivity contribution in [3.8, 4) is 0 Å². The van der Waals surface area contributed by atoms with E-state index in [4.69, 9.17) is 11.5 Å². The van der Waals surface area contributed by atoms with Gasteiger partial charge in [0, 0.05) is 6.04 Å². The van der Waals surface area contributed by atoms with Crippen LogP contribution in [0, 0.1) is 5.92 Å². The van der Waals surface area contributed by atoms with E-state index in [-0.39, 0.29) is 5.91 Å². The fourth-order valence-corrected chi connectivity index (χ4v) is 3.71. The number of primary amides is 1. The van der Waals surface area contributed by atoms with Crippen molar-refractivity contribution in [1.82, 2.24) is 4.90 Å². The number of unbranched alkanes of at least 4 members (excludes halogenated alkanes) is 1. The smallest absolute Gasteiger partial charge is 0.237 e. The lowest BCUT2D eigenvalue weighted by atomic mass is 9.85. The summed E-state index contributed by atoms with van der Waals surface area (Å²) < 4.78 is 0. The molecule has 110 valence electrons. The number of nitrogens with two attached hydrogens (primary N) is 2. The second-order valence-corrected chi connectivity index (χ2v) is 6.68. The van der Waals surface area contributed by atoms with Gasteiger partial charge in [0.05, 0.1) is 5.54 Å². The van der Waals surface area contributed by atoms with Gasteiger partial charge in [-0.25, -0.2) is 0 Å². The number of rotatable bonds is 6. The molecule has 1 heterocycles. The van der Waals surface area contributed by atoms with Gasteiger partial charge in [0.2, 0.25) is 5.91 Å². The molecular formula is C15H29N3O. The van der Waals surface area contributed by atoms with Gasteiger partial charge in [-0.15, -0.1) is 0 Å². The van der Waals surface area contributed by atoms with E-state index in [1.165, 1.54) is 38.6 Å². The SMILES string of the molecule is CC(N)(CCCCN1CCC2CCCCC21)C(N)=O. The number of nitrogens with zero attached hydrogens (tertiary/aromatic N) is 1.